The minimum Gasteiger partial charge on any atom is -0.488 e. The smallest absolute Gasteiger partial charge is 0.124 e. The van der Waals surface area contributed by atoms with Gasteiger partial charge in [-0.25, -0.2) is 0 Å². The Morgan fingerprint density at radius 1 is 1.35 bits per heavy atom. The average Bonchev–Trinajstić information content (AvgIpc) is 2.27. The van der Waals surface area contributed by atoms with Gasteiger partial charge in [0.2, 0.25) is 0 Å². The third kappa shape index (κ3) is 3.22. The van der Waals surface area contributed by atoms with Gasteiger partial charge < -0.3 is 4.74 Å². The Morgan fingerprint density at radius 2 is 2.12 bits per heavy atom. The van der Waals surface area contributed by atoms with Crippen molar-refractivity contribution in [2.75, 3.05) is 19.6 Å². The van der Waals surface area contributed by atoms with Gasteiger partial charge in [-0.15, -0.1) is 0 Å². The van der Waals surface area contributed by atoms with Crippen LogP contribution in [0.25, 0.3) is 0 Å². The predicted octanol–water partition coefficient (Wildman–Crippen LogP) is 3.28. The van der Waals surface area contributed by atoms with Crippen LogP contribution in [0.15, 0.2) is 24.3 Å². The lowest BCUT2D eigenvalue weighted by molar-refractivity contribution is 0.0202. The van der Waals surface area contributed by atoms with Gasteiger partial charge in [0.05, 0.1) is 0 Å². The Bertz CT molecular complexity index is 356. The molecule has 1 saturated heterocycles. The zero-order valence-electron chi connectivity index (χ0n) is 11.1. The van der Waals surface area contributed by atoms with Crippen molar-refractivity contribution in [1.82, 2.24) is 4.90 Å². The zero-order valence-corrected chi connectivity index (χ0v) is 11.1. The molecule has 2 heteroatoms. The monoisotopic (exact) mass is 233 g/mol. The fourth-order valence-electron chi connectivity index (χ4n) is 2.24. The Labute approximate surface area is 105 Å². The van der Waals surface area contributed by atoms with E-state index in [4.69, 9.17) is 4.74 Å². The summed E-state index contributed by atoms with van der Waals surface area (Å²) in [6.07, 6.45) is 1.62. The second kappa shape index (κ2) is 5.54. The maximum absolute atomic E-state index is 5.98. The highest BCUT2D eigenvalue weighted by molar-refractivity contribution is 5.30. The Kier molecular flexibility index (Phi) is 4.06. The van der Waals surface area contributed by atoms with Crippen molar-refractivity contribution < 1.29 is 4.74 Å². The van der Waals surface area contributed by atoms with E-state index in [1.807, 2.05) is 0 Å². The molecule has 0 bridgehead atoms. The second-order valence-corrected chi connectivity index (χ2v) is 5.23. The highest BCUT2D eigenvalue weighted by Gasteiger charge is 2.27. The summed E-state index contributed by atoms with van der Waals surface area (Å²) in [4.78, 5) is 2.44. The number of rotatable bonds is 5. The van der Waals surface area contributed by atoms with Crippen molar-refractivity contribution in [3.05, 3.63) is 29.8 Å². The number of nitrogens with zero attached hydrogens (tertiary/aromatic N) is 1. The summed E-state index contributed by atoms with van der Waals surface area (Å²) in [7, 11) is 0. The molecule has 0 spiro atoms. The van der Waals surface area contributed by atoms with E-state index in [1.165, 1.54) is 18.5 Å². The van der Waals surface area contributed by atoms with E-state index in [0.29, 0.717) is 12.0 Å². The summed E-state index contributed by atoms with van der Waals surface area (Å²) < 4.78 is 5.98. The van der Waals surface area contributed by atoms with Crippen molar-refractivity contribution in [3.63, 3.8) is 0 Å². The molecular formula is C15H23NO. The first-order chi connectivity index (χ1) is 8.19. The second-order valence-electron chi connectivity index (χ2n) is 5.23. The van der Waals surface area contributed by atoms with Crippen molar-refractivity contribution in [2.45, 2.75) is 39.2 Å². The topological polar surface area (TPSA) is 12.5 Å². The number of hydrogen-bond donors (Lipinski definition) is 0. The van der Waals surface area contributed by atoms with Gasteiger partial charge in [0, 0.05) is 13.1 Å². The summed E-state index contributed by atoms with van der Waals surface area (Å²) in [6.45, 7) is 10.0. The van der Waals surface area contributed by atoms with Crippen LogP contribution in [0.2, 0.25) is 0 Å². The summed E-state index contributed by atoms with van der Waals surface area (Å²) in [5.74, 6) is 1.59. The molecule has 0 atom stereocenters. The Morgan fingerprint density at radius 3 is 2.76 bits per heavy atom. The quantitative estimate of drug-likeness (QED) is 0.774. The van der Waals surface area contributed by atoms with E-state index in [2.05, 4.69) is 49.9 Å². The summed E-state index contributed by atoms with van der Waals surface area (Å²) >= 11 is 0. The Hall–Kier alpha value is -1.02. The molecule has 94 valence electrons. The van der Waals surface area contributed by atoms with Crippen LogP contribution in [0.4, 0.5) is 0 Å². The molecule has 0 aliphatic carbocycles. The van der Waals surface area contributed by atoms with Crippen LogP contribution >= 0.6 is 0 Å². The molecule has 1 aliphatic heterocycles. The van der Waals surface area contributed by atoms with Gasteiger partial charge in [0.15, 0.2) is 0 Å². The SMILES string of the molecule is CCCN1CC(Oc2cccc(C(C)C)c2)C1. The predicted molar refractivity (Wildman–Crippen MR) is 71.7 cm³/mol. The van der Waals surface area contributed by atoms with Gasteiger partial charge >= 0.3 is 0 Å². The first-order valence-corrected chi connectivity index (χ1v) is 6.68. The fourth-order valence-corrected chi connectivity index (χ4v) is 2.24. The van der Waals surface area contributed by atoms with E-state index in [1.54, 1.807) is 0 Å². The van der Waals surface area contributed by atoms with Crippen LogP contribution in [0.3, 0.4) is 0 Å². The van der Waals surface area contributed by atoms with Gasteiger partial charge in [-0.1, -0.05) is 32.9 Å². The lowest BCUT2D eigenvalue weighted by atomic mass is 10.0. The van der Waals surface area contributed by atoms with Crippen molar-refractivity contribution in [1.29, 1.82) is 0 Å². The van der Waals surface area contributed by atoms with E-state index in [-0.39, 0.29) is 0 Å². The van der Waals surface area contributed by atoms with E-state index in [9.17, 15) is 0 Å². The van der Waals surface area contributed by atoms with Gasteiger partial charge in [-0.05, 0) is 36.6 Å². The molecule has 0 unspecified atom stereocenters. The molecule has 2 nitrogen and oxygen atoms in total. The van der Waals surface area contributed by atoms with Gasteiger partial charge in [-0.3, -0.25) is 4.90 Å². The van der Waals surface area contributed by atoms with Crippen LogP contribution in [0.5, 0.6) is 5.75 Å². The molecule has 0 radical (unpaired) electrons. The Balaban J connectivity index is 1.86. The maximum atomic E-state index is 5.98. The minimum absolute atomic E-state index is 0.393. The molecule has 0 aromatic heterocycles. The third-order valence-electron chi connectivity index (χ3n) is 3.29. The third-order valence-corrected chi connectivity index (χ3v) is 3.29. The number of likely N-dealkylation sites (tertiary alicyclic amines) is 1. The molecule has 0 saturated carbocycles. The van der Waals surface area contributed by atoms with Gasteiger partial charge in [0.25, 0.3) is 0 Å². The largest absolute Gasteiger partial charge is 0.488 e. The molecule has 2 rings (SSSR count). The molecular weight excluding hydrogens is 210 g/mol. The molecule has 1 fully saturated rings. The average molecular weight is 233 g/mol. The number of benzene rings is 1. The maximum Gasteiger partial charge on any atom is 0.124 e. The van der Waals surface area contributed by atoms with Crippen LogP contribution in [0.1, 0.15) is 38.7 Å². The molecule has 1 aromatic rings. The molecule has 1 aliphatic rings. The van der Waals surface area contributed by atoms with Gasteiger partial charge in [-0.2, -0.15) is 0 Å². The number of ether oxygens (including phenoxy) is 1. The fraction of sp³-hybridized carbons (Fsp3) is 0.600. The highest BCUT2D eigenvalue weighted by Crippen LogP contribution is 2.23. The molecule has 0 amide bonds. The van der Waals surface area contributed by atoms with Crippen molar-refractivity contribution in [2.24, 2.45) is 0 Å². The van der Waals surface area contributed by atoms with Crippen molar-refractivity contribution in [3.8, 4) is 5.75 Å². The van der Waals surface area contributed by atoms with E-state index >= 15 is 0 Å². The molecule has 1 heterocycles. The minimum atomic E-state index is 0.393. The first-order valence-electron chi connectivity index (χ1n) is 6.68. The summed E-state index contributed by atoms with van der Waals surface area (Å²) in [6, 6.07) is 8.50. The van der Waals surface area contributed by atoms with Crippen LogP contribution in [-0.4, -0.2) is 30.6 Å². The van der Waals surface area contributed by atoms with E-state index < -0.39 is 0 Å². The summed E-state index contributed by atoms with van der Waals surface area (Å²) in [5, 5.41) is 0. The van der Waals surface area contributed by atoms with Crippen LogP contribution in [0, 0.1) is 0 Å². The lowest BCUT2D eigenvalue weighted by Gasteiger charge is -2.38. The first kappa shape index (κ1) is 12.4. The van der Waals surface area contributed by atoms with Gasteiger partial charge in [0.1, 0.15) is 11.9 Å². The van der Waals surface area contributed by atoms with Crippen LogP contribution < -0.4 is 4.74 Å². The standard InChI is InChI=1S/C15H23NO/c1-4-8-16-10-15(11-16)17-14-7-5-6-13(9-14)12(2)3/h5-7,9,12,15H,4,8,10-11H2,1-3H3. The van der Waals surface area contributed by atoms with Crippen molar-refractivity contribution >= 4 is 0 Å². The lowest BCUT2D eigenvalue weighted by Crippen LogP contribution is -2.53. The summed E-state index contributed by atoms with van der Waals surface area (Å²) in [5.41, 5.74) is 1.35. The number of hydrogen-bond acceptors (Lipinski definition) is 2. The van der Waals surface area contributed by atoms with E-state index in [0.717, 1.165) is 18.8 Å². The molecule has 17 heavy (non-hydrogen) atoms. The highest BCUT2D eigenvalue weighted by atomic mass is 16.5. The normalized spacial score (nSPS) is 17.2. The van der Waals surface area contributed by atoms with Crippen LogP contribution in [-0.2, 0) is 0 Å². The molecule has 1 aromatic carbocycles. The molecule has 0 N–H and O–H groups in total. The zero-order chi connectivity index (χ0) is 12.3.